The molecule has 2 bridgehead atoms. The Morgan fingerprint density at radius 3 is 2.46 bits per heavy atom. The van der Waals surface area contributed by atoms with Crippen molar-refractivity contribution in [2.24, 2.45) is 0 Å². The molecule has 3 unspecified atom stereocenters. The molecule has 5 atom stereocenters. The number of phenols is 1. The zero-order valence-corrected chi connectivity index (χ0v) is 44.8. The fourth-order valence-electron chi connectivity index (χ4n) is 12.1. The minimum absolute atomic E-state index is 0.0252. The van der Waals surface area contributed by atoms with E-state index in [1.54, 1.807) is 25.2 Å². The Bertz CT molecular complexity index is 3380. The van der Waals surface area contributed by atoms with E-state index >= 15 is 8.78 Å². The first-order valence-corrected chi connectivity index (χ1v) is 27.2. The van der Waals surface area contributed by atoms with E-state index in [2.05, 4.69) is 48.2 Å². The van der Waals surface area contributed by atoms with E-state index in [1.165, 1.54) is 35.4 Å². The molecule has 424 valence electrons. The number of aromatic nitrogens is 3. The van der Waals surface area contributed by atoms with Crippen LogP contribution in [0.3, 0.4) is 0 Å². The van der Waals surface area contributed by atoms with Crippen LogP contribution in [0.15, 0.2) is 60.8 Å². The second-order valence-electron chi connectivity index (χ2n) is 21.4. The highest BCUT2D eigenvalue weighted by molar-refractivity contribution is 6.23. The lowest BCUT2D eigenvalue weighted by Gasteiger charge is -2.35. The summed E-state index contributed by atoms with van der Waals surface area (Å²) in [5.41, 5.74) is 1.32. The Labute approximate surface area is 465 Å². The molecule has 5 saturated heterocycles. The number of nitrogens with one attached hydrogen (secondary N) is 3. The molecule has 81 heavy (non-hydrogen) atoms. The van der Waals surface area contributed by atoms with Crippen molar-refractivity contribution < 1.29 is 61.5 Å². The van der Waals surface area contributed by atoms with Gasteiger partial charge >= 0.3 is 12.1 Å². The van der Waals surface area contributed by atoms with E-state index in [0.29, 0.717) is 101 Å². The smallest absolute Gasteiger partial charge is 0.409 e. The van der Waals surface area contributed by atoms with Gasteiger partial charge in [0, 0.05) is 87.2 Å². The monoisotopic (exact) mass is 1110 g/mol. The van der Waals surface area contributed by atoms with Crippen LogP contribution in [-0.4, -0.2) is 187 Å². The fraction of sp³-hybridized carbons (Fsp3) is 0.448. The Kier molecular flexibility index (Phi) is 15.8. The van der Waals surface area contributed by atoms with Crippen LogP contribution >= 0.6 is 0 Å². The van der Waals surface area contributed by atoms with Gasteiger partial charge in [-0.1, -0.05) is 24.1 Å². The van der Waals surface area contributed by atoms with Gasteiger partial charge in [0.25, 0.3) is 11.8 Å². The van der Waals surface area contributed by atoms with E-state index in [-0.39, 0.29) is 101 Å². The third kappa shape index (κ3) is 11.2. The molecule has 8 heterocycles. The number of hydrogen-bond donors (Lipinski definition) is 4. The van der Waals surface area contributed by atoms with E-state index in [4.69, 9.17) is 35.1 Å². The van der Waals surface area contributed by atoms with E-state index in [9.17, 15) is 29.1 Å². The number of imide groups is 2. The number of fused-ring (bicyclic) bond motifs is 6. The van der Waals surface area contributed by atoms with E-state index in [0.717, 1.165) is 29.7 Å². The number of amides is 5. The number of benzene rings is 3. The summed E-state index contributed by atoms with van der Waals surface area (Å²) in [6, 6.07) is 9.52. The van der Waals surface area contributed by atoms with Gasteiger partial charge in [0.05, 0.1) is 67.3 Å². The number of anilines is 2. The molecule has 0 saturated carbocycles. The van der Waals surface area contributed by atoms with Gasteiger partial charge in [-0.05, 0) is 80.3 Å². The first-order valence-electron chi connectivity index (χ1n) is 27.2. The number of hydrogen-bond acceptors (Lipinski definition) is 18. The maximum Gasteiger partial charge on any atom is 0.409 e. The van der Waals surface area contributed by atoms with Gasteiger partial charge in [-0.3, -0.25) is 39.3 Å². The lowest BCUT2D eigenvalue weighted by Crippen LogP contribution is -2.54. The number of halogens is 2. The molecule has 0 spiro atoms. The molecule has 21 nitrogen and oxygen atoms in total. The van der Waals surface area contributed by atoms with Crippen molar-refractivity contribution in [2.45, 2.75) is 74.7 Å². The lowest BCUT2D eigenvalue weighted by molar-refractivity contribution is -0.136. The second-order valence-corrected chi connectivity index (χ2v) is 21.4. The molecule has 6 aliphatic rings. The van der Waals surface area contributed by atoms with Gasteiger partial charge in [0.1, 0.15) is 47.9 Å². The van der Waals surface area contributed by atoms with Crippen molar-refractivity contribution in [1.29, 1.82) is 0 Å². The molecule has 4 N–H and O–H groups in total. The van der Waals surface area contributed by atoms with Gasteiger partial charge in [-0.15, -0.1) is 6.42 Å². The number of pyridine rings is 1. The number of piperidine rings is 1. The van der Waals surface area contributed by atoms with Crippen molar-refractivity contribution in [3.05, 3.63) is 89.1 Å². The average molecular weight is 1110 g/mol. The normalized spacial score (nSPS) is 22.4. The highest BCUT2D eigenvalue weighted by Crippen LogP contribution is 2.45. The van der Waals surface area contributed by atoms with Crippen molar-refractivity contribution in [3.63, 3.8) is 0 Å². The summed E-state index contributed by atoms with van der Waals surface area (Å²) in [5.74, 6) is -0.999. The summed E-state index contributed by atoms with van der Waals surface area (Å²) in [6.07, 6.45) is 11.0. The molecule has 0 radical (unpaired) electrons. The Morgan fingerprint density at radius 2 is 1.69 bits per heavy atom. The Balaban J connectivity index is 0.630. The second kappa shape index (κ2) is 23.3. The quantitative estimate of drug-likeness (QED) is 0.0330. The van der Waals surface area contributed by atoms with Crippen LogP contribution in [0.2, 0.25) is 0 Å². The maximum atomic E-state index is 17.2. The van der Waals surface area contributed by atoms with E-state index < -0.39 is 52.9 Å². The Hall–Kier alpha value is -7.88. The van der Waals surface area contributed by atoms with Crippen LogP contribution in [0.4, 0.5) is 25.1 Å². The van der Waals surface area contributed by atoms with Crippen LogP contribution in [0.1, 0.15) is 71.2 Å². The van der Waals surface area contributed by atoms with Crippen molar-refractivity contribution >= 4 is 62.9 Å². The van der Waals surface area contributed by atoms with Gasteiger partial charge in [-0.2, -0.15) is 9.97 Å². The van der Waals surface area contributed by atoms with Gasteiger partial charge in [-0.25, -0.2) is 13.6 Å². The SMILES string of the molecule is C#Cc1c(F)ccc2cc(O)cc(-c3ncc4c(N5CC6CCC(C5)N6)nc(OC[C@@]56CC[C@@H](COC(=O)N(C)CCOCCOCCOCCNc7ccc8c(c7)C(=O)N(C7CCC(=O)NC7=O)C8=O)N5CC(=C)C6)nc4c3F)c12. The zero-order valence-electron chi connectivity index (χ0n) is 44.8. The lowest BCUT2D eigenvalue weighted by atomic mass is 9.94. The number of carbonyl (C=O) groups is 5. The van der Waals surface area contributed by atoms with Crippen molar-refractivity contribution in [3.8, 4) is 35.4 Å². The molecule has 5 aromatic rings. The number of rotatable bonds is 21. The average Bonchev–Trinajstić information content (AvgIpc) is 4.25. The predicted molar refractivity (Wildman–Crippen MR) is 292 cm³/mol. The summed E-state index contributed by atoms with van der Waals surface area (Å²) in [6.45, 7) is 9.07. The van der Waals surface area contributed by atoms with Gasteiger partial charge in [0.2, 0.25) is 11.8 Å². The van der Waals surface area contributed by atoms with Crippen molar-refractivity contribution in [1.82, 2.24) is 40.3 Å². The molecule has 2 aromatic heterocycles. The molecule has 0 aliphatic carbocycles. The predicted octanol–water partition coefficient (Wildman–Crippen LogP) is 4.92. The number of aromatic hydroxyl groups is 1. The molecule has 5 amide bonds. The minimum Gasteiger partial charge on any atom is -0.508 e. The molecule has 3 aromatic carbocycles. The topological polar surface area (TPSA) is 239 Å². The highest BCUT2D eigenvalue weighted by atomic mass is 19.1. The molecule has 5 fully saturated rings. The summed E-state index contributed by atoms with van der Waals surface area (Å²) in [4.78, 5) is 84.1. The third-order valence-electron chi connectivity index (χ3n) is 16.1. The first-order chi connectivity index (χ1) is 39.2. The Morgan fingerprint density at radius 1 is 0.938 bits per heavy atom. The maximum absolute atomic E-state index is 17.2. The molecular weight excluding hydrogens is 1050 g/mol. The number of nitrogens with zero attached hydrogens (tertiary/aromatic N) is 7. The largest absolute Gasteiger partial charge is 0.508 e. The number of carbonyl (C=O) groups excluding carboxylic acids is 5. The summed E-state index contributed by atoms with van der Waals surface area (Å²) >= 11 is 0. The summed E-state index contributed by atoms with van der Waals surface area (Å²) in [7, 11) is 1.65. The highest BCUT2D eigenvalue weighted by Gasteiger charge is 2.52. The standard InChI is InChI=1S/C58H62F2N10O11/c1-4-40-45(59)10-5-34-23-39(71)25-43(48(34)40)50-49(60)51-44(27-62-50)52(68-29-36-6-7-37(30-68)63-36)66-56(65-51)81-32-58-14-13-38(69(58)28-33(2)26-58)31-80-57(76)67(3)16-18-78-20-22-79-21-19-77-17-15-61-35-8-9-41-42(24-35)55(75)70(54(41)74)46-11-12-47(72)64-53(46)73/h1,5,8-10,23-25,27,36-38,46,61,63,71H,2,6-7,11-22,26,28-32H2,3H3,(H,64,72,73)/t36?,37?,38-,46?,58-/m0/s1. The molecule has 23 heteroatoms. The first kappa shape index (κ1) is 55.0. The van der Waals surface area contributed by atoms with Crippen LogP contribution < -0.4 is 25.6 Å². The van der Waals surface area contributed by atoms with Crippen LogP contribution in [0, 0.1) is 24.0 Å². The molecular formula is C58H62F2N10O11. The molecule has 11 rings (SSSR count). The van der Waals surface area contributed by atoms with Crippen LogP contribution in [0.25, 0.3) is 32.9 Å². The van der Waals surface area contributed by atoms with Crippen LogP contribution in [-0.2, 0) is 28.5 Å². The third-order valence-corrected chi connectivity index (χ3v) is 16.1. The number of phenolic OH excluding ortho intramolecular Hbond substituents is 1. The van der Waals surface area contributed by atoms with E-state index in [1.807, 2.05) is 0 Å². The summed E-state index contributed by atoms with van der Waals surface area (Å²) < 4.78 is 61.7. The molecule has 6 aliphatic heterocycles. The number of piperazine rings is 1. The minimum atomic E-state index is -1.03. The number of terminal acetylenes is 1. The van der Waals surface area contributed by atoms with Gasteiger partial charge in [0.15, 0.2) is 5.82 Å². The zero-order chi connectivity index (χ0) is 56.5. The number of ether oxygens (including phenoxy) is 5. The van der Waals surface area contributed by atoms with Crippen molar-refractivity contribution in [2.75, 3.05) is 103 Å². The summed E-state index contributed by atoms with van der Waals surface area (Å²) in [5, 5.41) is 20.7. The number of likely N-dealkylation sites (N-methyl/N-ethyl adjacent to an activating group) is 1. The van der Waals surface area contributed by atoms with Crippen LogP contribution in [0.5, 0.6) is 11.8 Å². The fourth-order valence-corrected chi connectivity index (χ4v) is 12.1. The van der Waals surface area contributed by atoms with Gasteiger partial charge < -0.3 is 49.2 Å².